The first-order valence-corrected chi connectivity index (χ1v) is 11.2. The van der Waals surface area contributed by atoms with Gasteiger partial charge < -0.3 is 24.8 Å². The standard InChI is InChI=1S/C23H34O6/c1-20-7-4-18-17(5-8-21(26)12-15(24)3-10-23(18,21)28-2)22(20,27)9-6-16(20)14-11-19(25)29-13-14/h11,15-18,24,26-27H,3-10,12-13H2,1-2H3/t15-,16+,17?,18?,20+,21-,22-,23-/m0/s1. The highest BCUT2D eigenvalue weighted by Crippen LogP contribution is 2.69. The number of ether oxygens (including phenoxy) is 2. The van der Waals surface area contributed by atoms with E-state index >= 15 is 0 Å². The molecule has 0 spiro atoms. The number of hydrogen-bond donors (Lipinski definition) is 3. The SMILES string of the molecule is CO[C@]12CC[C@H](O)C[C@@]1(O)CCC1C2CC[C@]2(C)[C@@H](C3=CC(=O)OC3)CC[C@]12O. The molecule has 0 saturated heterocycles. The van der Waals surface area contributed by atoms with Gasteiger partial charge in [0, 0.05) is 25.0 Å². The molecule has 0 amide bonds. The summed E-state index contributed by atoms with van der Waals surface area (Å²) in [5, 5.41) is 34.0. The highest BCUT2D eigenvalue weighted by Gasteiger charge is 2.71. The first kappa shape index (κ1) is 20.0. The molecule has 6 nitrogen and oxygen atoms in total. The first-order chi connectivity index (χ1) is 13.7. The van der Waals surface area contributed by atoms with Gasteiger partial charge in [-0.2, -0.15) is 0 Å². The minimum Gasteiger partial charge on any atom is -0.458 e. The normalized spacial score (nSPS) is 54.2. The number of rotatable bonds is 2. The van der Waals surface area contributed by atoms with E-state index in [0.29, 0.717) is 38.7 Å². The van der Waals surface area contributed by atoms with Crippen LogP contribution in [0, 0.1) is 23.2 Å². The number of aliphatic hydroxyl groups excluding tert-OH is 1. The third-order valence-corrected chi connectivity index (χ3v) is 9.82. The van der Waals surface area contributed by atoms with Crippen LogP contribution in [0.4, 0.5) is 0 Å². The van der Waals surface area contributed by atoms with Crippen molar-refractivity contribution in [3.8, 4) is 0 Å². The highest BCUT2D eigenvalue weighted by molar-refractivity contribution is 5.85. The van der Waals surface area contributed by atoms with E-state index in [1.54, 1.807) is 13.2 Å². The molecule has 0 bridgehead atoms. The Hall–Kier alpha value is -0.950. The van der Waals surface area contributed by atoms with E-state index < -0.39 is 22.9 Å². The van der Waals surface area contributed by atoms with Gasteiger partial charge in [-0.1, -0.05) is 6.92 Å². The van der Waals surface area contributed by atoms with Crippen LogP contribution in [0.15, 0.2) is 11.6 Å². The second-order valence-corrected chi connectivity index (χ2v) is 10.6. The third kappa shape index (κ3) is 2.40. The predicted octanol–water partition coefficient (Wildman–Crippen LogP) is 2.10. The molecule has 5 aliphatic rings. The largest absolute Gasteiger partial charge is 0.458 e. The zero-order valence-corrected chi connectivity index (χ0v) is 17.5. The van der Waals surface area contributed by atoms with Crippen molar-refractivity contribution < 1.29 is 29.6 Å². The fourth-order valence-electron chi connectivity index (χ4n) is 8.40. The lowest BCUT2D eigenvalue weighted by Gasteiger charge is -2.66. The van der Waals surface area contributed by atoms with Gasteiger partial charge in [-0.15, -0.1) is 0 Å². The average Bonchev–Trinajstić information content (AvgIpc) is 3.21. The number of fused-ring (bicyclic) bond motifs is 5. The molecule has 4 saturated carbocycles. The van der Waals surface area contributed by atoms with E-state index in [2.05, 4.69) is 6.92 Å². The number of cyclic esters (lactones) is 1. The number of carbonyl (C=O) groups is 1. The Balaban J connectivity index is 1.51. The van der Waals surface area contributed by atoms with Crippen LogP contribution in [0.25, 0.3) is 0 Å². The average molecular weight is 407 g/mol. The van der Waals surface area contributed by atoms with Crippen molar-refractivity contribution >= 4 is 5.97 Å². The van der Waals surface area contributed by atoms with Gasteiger partial charge in [-0.25, -0.2) is 4.79 Å². The number of methoxy groups -OCH3 is 1. The molecule has 1 aliphatic heterocycles. The summed E-state index contributed by atoms with van der Waals surface area (Å²) >= 11 is 0. The molecule has 1 heterocycles. The summed E-state index contributed by atoms with van der Waals surface area (Å²) in [6, 6.07) is 0. The molecule has 4 aliphatic carbocycles. The summed E-state index contributed by atoms with van der Waals surface area (Å²) in [6.45, 7) is 2.54. The maximum absolute atomic E-state index is 12.2. The van der Waals surface area contributed by atoms with Gasteiger partial charge in [0.2, 0.25) is 0 Å². The monoisotopic (exact) mass is 406 g/mol. The maximum Gasteiger partial charge on any atom is 0.331 e. The van der Waals surface area contributed by atoms with Crippen molar-refractivity contribution in [3.05, 3.63) is 11.6 Å². The van der Waals surface area contributed by atoms with E-state index in [-0.39, 0.29) is 29.1 Å². The van der Waals surface area contributed by atoms with E-state index in [1.807, 2.05) is 0 Å². The Labute approximate surface area is 172 Å². The molecule has 0 aromatic heterocycles. The molecule has 29 heavy (non-hydrogen) atoms. The molecule has 162 valence electrons. The number of hydrogen-bond acceptors (Lipinski definition) is 6. The minimum absolute atomic E-state index is 0.0559. The van der Waals surface area contributed by atoms with Crippen molar-refractivity contribution in [2.45, 2.75) is 87.6 Å². The summed E-state index contributed by atoms with van der Waals surface area (Å²) in [7, 11) is 1.69. The molecule has 6 heteroatoms. The molecule has 5 rings (SSSR count). The van der Waals surface area contributed by atoms with Crippen LogP contribution >= 0.6 is 0 Å². The highest BCUT2D eigenvalue weighted by atomic mass is 16.5. The van der Waals surface area contributed by atoms with Crippen molar-refractivity contribution in [2.75, 3.05) is 13.7 Å². The molecule has 3 N–H and O–H groups in total. The molecular weight excluding hydrogens is 372 g/mol. The van der Waals surface area contributed by atoms with Gasteiger partial charge in [-0.05, 0) is 74.7 Å². The third-order valence-electron chi connectivity index (χ3n) is 9.82. The molecule has 0 aromatic rings. The zero-order chi connectivity index (χ0) is 20.7. The van der Waals surface area contributed by atoms with E-state index in [1.165, 1.54) is 0 Å². The van der Waals surface area contributed by atoms with Gasteiger partial charge in [-0.3, -0.25) is 0 Å². The lowest BCUT2D eigenvalue weighted by atomic mass is 9.45. The Kier molecular flexibility index (Phi) is 4.33. The summed E-state index contributed by atoms with van der Waals surface area (Å²) in [5.74, 6) is 0.0216. The van der Waals surface area contributed by atoms with Crippen molar-refractivity contribution in [2.24, 2.45) is 23.2 Å². The Bertz CT molecular complexity index is 750. The Morgan fingerprint density at radius 2 is 1.83 bits per heavy atom. The minimum atomic E-state index is -1.03. The molecule has 4 fully saturated rings. The van der Waals surface area contributed by atoms with Crippen LogP contribution in [0.2, 0.25) is 0 Å². The van der Waals surface area contributed by atoms with Crippen molar-refractivity contribution in [3.63, 3.8) is 0 Å². The zero-order valence-electron chi connectivity index (χ0n) is 17.5. The van der Waals surface area contributed by atoms with Crippen LogP contribution in [-0.2, 0) is 14.3 Å². The van der Waals surface area contributed by atoms with Gasteiger partial charge in [0.1, 0.15) is 6.61 Å². The number of aliphatic hydroxyl groups is 3. The molecule has 0 aromatic carbocycles. The molecule has 8 atom stereocenters. The molecular formula is C23H34O6. The summed E-state index contributed by atoms with van der Waals surface area (Å²) in [5.41, 5.74) is -1.84. The maximum atomic E-state index is 12.2. The molecule has 0 radical (unpaired) electrons. The van der Waals surface area contributed by atoms with E-state index in [0.717, 1.165) is 31.3 Å². The second kappa shape index (κ2) is 6.28. The smallest absolute Gasteiger partial charge is 0.331 e. The van der Waals surface area contributed by atoms with Crippen molar-refractivity contribution in [1.82, 2.24) is 0 Å². The topological polar surface area (TPSA) is 96.2 Å². The summed E-state index contributed by atoms with van der Waals surface area (Å²) in [6.07, 6.45) is 7.35. The fourth-order valence-corrected chi connectivity index (χ4v) is 8.40. The Morgan fingerprint density at radius 3 is 2.52 bits per heavy atom. The second-order valence-electron chi connectivity index (χ2n) is 10.6. The first-order valence-electron chi connectivity index (χ1n) is 11.2. The van der Waals surface area contributed by atoms with E-state index in [4.69, 9.17) is 9.47 Å². The lowest BCUT2D eigenvalue weighted by molar-refractivity contribution is -0.297. The van der Waals surface area contributed by atoms with Crippen LogP contribution in [0.3, 0.4) is 0 Å². The predicted molar refractivity (Wildman–Crippen MR) is 105 cm³/mol. The Morgan fingerprint density at radius 1 is 1.07 bits per heavy atom. The molecule has 2 unspecified atom stereocenters. The fraction of sp³-hybridized carbons (Fsp3) is 0.870. The van der Waals surface area contributed by atoms with Crippen LogP contribution in [-0.4, -0.2) is 57.9 Å². The summed E-state index contributed by atoms with van der Waals surface area (Å²) in [4.78, 5) is 11.7. The number of carbonyl (C=O) groups excluding carboxylic acids is 1. The van der Waals surface area contributed by atoms with Gasteiger partial charge >= 0.3 is 5.97 Å². The lowest BCUT2D eigenvalue weighted by Crippen LogP contribution is -2.72. The van der Waals surface area contributed by atoms with E-state index in [9.17, 15) is 20.1 Å². The number of esters is 1. The van der Waals surface area contributed by atoms with Crippen LogP contribution in [0.5, 0.6) is 0 Å². The van der Waals surface area contributed by atoms with Gasteiger partial charge in [0.05, 0.1) is 22.9 Å². The van der Waals surface area contributed by atoms with Crippen molar-refractivity contribution in [1.29, 1.82) is 0 Å². The quantitative estimate of drug-likeness (QED) is 0.608. The van der Waals surface area contributed by atoms with Crippen LogP contribution < -0.4 is 0 Å². The summed E-state index contributed by atoms with van der Waals surface area (Å²) < 4.78 is 11.3. The van der Waals surface area contributed by atoms with Crippen LogP contribution in [0.1, 0.15) is 64.7 Å². The van der Waals surface area contributed by atoms with Gasteiger partial charge in [0.25, 0.3) is 0 Å². The van der Waals surface area contributed by atoms with Gasteiger partial charge in [0.15, 0.2) is 0 Å².